The van der Waals surface area contributed by atoms with Gasteiger partial charge < -0.3 is 4.90 Å². The average molecular weight is 325 g/mol. The third kappa shape index (κ3) is 2.78. The molecule has 1 aliphatic carbocycles. The van der Waals surface area contributed by atoms with E-state index in [0.717, 1.165) is 36.1 Å². The van der Waals surface area contributed by atoms with Crippen LogP contribution in [0.15, 0.2) is 18.2 Å². The SMILES string of the molecule is Cc1ccc2c(c1)C(=O)N(CC(=O)N(CC#N)C1CCCC1)C2=O. The summed E-state index contributed by atoms with van der Waals surface area (Å²) in [5.74, 6) is -1.21. The number of carbonyl (C=O) groups is 3. The molecule has 124 valence electrons. The molecule has 0 unspecified atom stereocenters. The number of benzene rings is 1. The molecule has 2 aliphatic rings. The molecule has 6 nitrogen and oxygen atoms in total. The molecule has 3 rings (SSSR count). The lowest BCUT2D eigenvalue weighted by Gasteiger charge is -2.28. The predicted molar refractivity (Wildman–Crippen MR) is 86.1 cm³/mol. The maximum Gasteiger partial charge on any atom is 0.262 e. The summed E-state index contributed by atoms with van der Waals surface area (Å²) < 4.78 is 0. The second-order valence-corrected chi connectivity index (χ2v) is 6.36. The summed E-state index contributed by atoms with van der Waals surface area (Å²) in [6.07, 6.45) is 3.81. The zero-order valence-electron chi connectivity index (χ0n) is 13.6. The molecule has 0 spiro atoms. The molecule has 6 heteroatoms. The highest BCUT2D eigenvalue weighted by Gasteiger charge is 2.38. The number of nitrogens with zero attached hydrogens (tertiary/aromatic N) is 3. The third-order valence-corrected chi connectivity index (χ3v) is 4.75. The van der Waals surface area contributed by atoms with Crippen molar-refractivity contribution in [1.29, 1.82) is 5.26 Å². The highest BCUT2D eigenvalue weighted by atomic mass is 16.2. The van der Waals surface area contributed by atoms with E-state index < -0.39 is 11.8 Å². The first-order valence-corrected chi connectivity index (χ1v) is 8.16. The quantitative estimate of drug-likeness (QED) is 0.625. The van der Waals surface area contributed by atoms with Crippen LogP contribution in [-0.2, 0) is 4.79 Å². The molecule has 0 radical (unpaired) electrons. The van der Waals surface area contributed by atoms with Crippen molar-refractivity contribution in [2.24, 2.45) is 0 Å². The Morgan fingerprint density at radius 2 is 1.92 bits per heavy atom. The molecular formula is C18H19N3O3. The van der Waals surface area contributed by atoms with Crippen molar-refractivity contribution >= 4 is 17.7 Å². The van der Waals surface area contributed by atoms with Gasteiger partial charge in [0, 0.05) is 6.04 Å². The van der Waals surface area contributed by atoms with Crippen LogP contribution in [0.5, 0.6) is 0 Å². The second kappa shape index (κ2) is 6.44. The van der Waals surface area contributed by atoms with Crippen LogP contribution in [0, 0.1) is 18.3 Å². The first kappa shape index (κ1) is 16.2. The van der Waals surface area contributed by atoms with Gasteiger partial charge in [-0.3, -0.25) is 19.3 Å². The third-order valence-electron chi connectivity index (χ3n) is 4.75. The summed E-state index contributed by atoms with van der Waals surface area (Å²) in [5.41, 5.74) is 1.58. The number of fused-ring (bicyclic) bond motifs is 1. The first-order valence-electron chi connectivity index (χ1n) is 8.16. The summed E-state index contributed by atoms with van der Waals surface area (Å²) in [6.45, 7) is 1.54. The summed E-state index contributed by atoms with van der Waals surface area (Å²) in [6, 6.07) is 7.12. The van der Waals surface area contributed by atoms with Crippen molar-refractivity contribution in [3.05, 3.63) is 34.9 Å². The van der Waals surface area contributed by atoms with Gasteiger partial charge in [0.25, 0.3) is 11.8 Å². The highest BCUT2D eigenvalue weighted by Crippen LogP contribution is 2.26. The van der Waals surface area contributed by atoms with Crippen molar-refractivity contribution < 1.29 is 14.4 Å². The summed E-state index contributed by atoms with van der Waals surface area (Å²) >= 11 is 0. The molecule has 0 saturated heterocycles. The van der Waals surface area contributed by atoms with Gasteiger partial charge in [0.15, 0.2) is 0 Å². The fourth-order valence-electron chi connectivity index (χ4n) is 3.49. The fourth-order valence-corrected chi connectivity index (χ4v) is 3.49. The Morgan fingerprint density at radius 3 is 2.58 bits per heavy atom. The van der Waals surface area contributed by atoms with Crippen LogP contribution in [0.4, 0.5) is 0 Å². The van der Waals surface area contributed by atoms with E-state index in [-0.39, 0.29) is 25.0 Å². The van der Waals surface area contributed by atoms with Crippen molar-refractivity contribution in [3.8, 4) is 6.07 Å². The topological polar surface area (TPSA) is 81.5 Å². The molecule has 1 aliphatic heterocycles. The Balaban J connectivity index is 1.78. The number of imide groups is 1. The monoisotopic (exact) mass is 325 g/mol. The number of nitriles is 1. The Kier molecular flexibility index (Phi) is 4.34. The number of aryl methyl sites for hydroxylation is 1. The van der Waals surface area contributed by atoms with Crippen LogP contribution < -0.4 is 0 Å². The van der Waals surface area contributed by atoms with E-state index in [0.29, 0.717) is 11.1 Å². The van der Waals surface area contributed by atoms with E-state index in [4.69, 9.17) is 5.26 Å². The van der Waals surface area contributed by atoms with E-state index in [1.807, 2.05) is 13.0 Å². The van der Waals surface area contributed by atoms with E-state index in [2.05, 4.69) is 0 Å². The van der Waals surface area contributed by atoms with Gasteiger partial charge in [-0.1, -0.05) is 24.5 Å². The Hall–Kier alpha value is -2.68. The van der Waals surface area contributed by atoms with Crippen LogP contribution in [0.2, 0.25) is 0 Å². The number of hydrogen-bond donors (Lipinski definition) is 0. The van der Waals surface area contributed by atoms with Gasteiger partial charge in [-0.25, -0.2) is 0 Å². The normalized spacial score (nSPS) is 17.1. The first-order chi connectivity index (χ1) is 11.5. The Labute approximate surface area is 140 Å². The molecule has 1 saturated carbocycles. The number of hydrogen-bond acceptors (Lipinski definition) is 4. The van der Waals surface area contributed by atoms with E-state index in [9.17, 15) is 14.4 Å². The smallest absolute Gasteiger partial charge is 0.262 e. The zero-order valence-corrected chi connectivity index (χ0v) is 13.6. The van der Waals surface area contributed by atoms with Crippen LogP contribution in [0.25, 0.3) is 0 Å². The van der Waals surface area contributed by atoms with Gasteiger partial charge in [0.1, 0.15) is 13.1 Å². The summed E-state index contributed by atoms with van der Waals surface area (Å²) in [7, 11) is 0. The van der Waals surface area contributed by atoms with Crippen molar-refractivity contribution in [2.45, 2.75) is 38.6 Å². The van der Waals surface area contributed by atoms with Crippen LogP contribution in [-0.4, -0.2) is 46.7 Å². The van der Waals surface area contributed by atoms with Gasteiger partial charge in [-0.05, 0) is 31.9 Å². The Bertz CT molecular complexity index is 744. The van der Waals surface area contributed by atoms with E-state index >= 15 is 0 Å². The van der Waals surface area contributed by atoms with Gasteiger partial charge in [-0.15, -0.1) is 0 Å². The van der Waals surface area contributed by atoms with Gasteiger partial charge in [-0.2, -0.15) is 5.26 Å². The van der Waals surface area contributed by atoms with Crippen molar-refractivity contribution in [2.75, 3.05) is 13.1 Å². The molecule has 1 aromatic carbocycles. The van der Waals surface area contributed by atoms with Gasteiger partial charge >= 0.3 is 0 Å². The van der Waals surface area contributed by atoms with E-state index in [1.165, 1.54) is 4.90 Å². The molecule has 24 heavy (non-hydrogen) atoms. The fraction of sp³-hybridized carbons (Fsp3) is 0.444. The standard InChI is InChI=1S/C18H19N3O3/c1-12-6-7-14-15(10-12)18(24)21(17(14)23)11-16(22)20(9-8-19)13-4-2-3-5-13/h6-7,10,13H,2-5,9,11H2,1H3. The summed E-state index contributed by atoms with van der Waals surface area (Å²) in [5, 5.41) is 8.99. The largest absolute Gasteiger partial charge is 0.325 e. The van der Waals surface area contributed by atoms with E-state index in [1.54, 1.807) is 18.2 Å². The van der Waals surface area contributed by atoms with Crippen LogP contribution >= 0.6 is 0 Å². The van der Waals surface area contributed by atoms with Gasteiger partial charge in [0.2, 0.25) is 5.91 Å². The maximum atomic E-state index is 12.6. The molecule has 1 fully saturated rings. The number of rotatable bonds is 4. The maximum absolute atomic E-state index is 12.6. The highest BCUT2D eigenvalue weighted by molar-refractivity contribution is 6.22. The van der Waals surface area contributed by atoms with Crippen molar-refractivity contribution in [3.63, 3.8) is 0 Å². The van der Waals surface area contributed by atoms with Crippen molar-refractivity contribution in [1.82, 2.24) is 9.80 Å². The lowest BCUT2D eigenvalue weighted by molar-refractivity contribution is -0.133. The molecule has 0 aromatic heterocycles. The number of carbonyl (C=O) groups excluding carboxylic acids is 3. The molecule has 0 bridgehead atoms. The lowest BCUT2D eigenvalue weighted by Crippen LogP contribution is -2.46. The lowest BCUT2D eigenvalue weighted by atomic mass is 10.1. The zero-order chi connectivity index (χ0) is 17.3. The number of amides is 3. The minimum absolute atomic E-state index is 0.00816. The Morgan fingerprint density at radius 1 is 1.25 bits per heavy atom. The second-order valence-electron chi connectivity index (χ2n) is 6.36. The molecule has 0 atom stereocenters. The molecule has 1 heterocycles. The van der Waals surface area contributed by atoms with Crippen LogP contribution in [0.3, 0.4) is 0 Å². The van der Waals surface area contributed by atoms with Gasteiger partial charge in [0.05, 0.1) is 17.2 Å². The van der Waals surface area contributed by atoms with Crippen LogP contribution in [0.1, 0.15) is 52.0 Å². The molecule has 1 aromatic rings. The minimum atomic E-state index is -0.438. The molecular weight excluding hydrogens is 306 g/mol. The molecule has 0 N–H and O–H groups in total. The molecule has 3 amide bonds. The minimum Gasteiger partial charge on any atom is -0.325 e. The predicted octanol–water partition coefficient (Wildman–Crippen LogP) is 1.89. The summed E-state index contributed by atoms with van der Waals surface area (Å²) in [4.78, 5) is 40.0. The average Bonchev–Trinajstić information content (AvgIpc) is 3.16.